The molecule has 3 rings (SSSR count). The first-order valence-corrected chi connectivity index (χ1v) is 13.6. The van der Waals surface area contributed by atoms with E-state index in [4.69, 9.17) is 21.1 Å². The van der Waals surface area contributed by atoms with Gasteiger partial charge in [0.25, 0.3) is 0 Å². The molecule has 0 aliphatic heterocycles. The van der Waals surface area contributed by atoms with Crippen LogP contribution < -0.4 is 9.46 Å². The van der Waals surface area contributed by atoms with Gasteiger partial charge in [-0.3, -0.25) is 9.29 Å². The second-order valence-corrected chi connectivity index (χ2v) is 11.1. The highest BCUT2D eigenvalue weighted by molar-refractivity contribution is 7.93. The van der Waals surface area contributed by atoms with E-state index in [9.17, 15) is 13.0 Å². The van der Waals surface area contributed by atoms with Crippen molar-refractivity contribution in [1.29, 1.82) is 0 Å². The standard InChI is InChI=1S/C19H24ClN7O5S2/c1-12(16(32-3)17-21-10-13(20)11-22-17)34(29,30)26-19-25-24-18(27(19)8-9-33(4)28)14-6-5-7-15(23-14)31-2/h5-7,10-12,16H,8-9H2,1-4H3,(H,25,26)/t12?,16?,33-/m1/s1. The van der Waals surface area contributed by atoms with E-state index in [1.807, 2.05) is 0 Å². The molecule has 3 heterocycles. The van der Waals surface area contributed by atoms with Gasteiger partial charge in [-0.1, -0.05) is 28.8 Å². The molecule has 0 bridgehead atoms. The lowest BCUT2D eigenvalue weighted by Crippen LogP contribution is -2.33. The van der Waals surface area contributed by atoms with Crippen LogP contribution in [0.5, 0.6) is 5.88 Å². The van der Waals surface area contributed by atoms with E-state index in [0.29, 0.717) is 22.4 Å². The van der Waals surface area contributed by atoms with Crippen LogP contribution in [0.25, 0.3) is 11.5 Å². The Kier molecular flexibility index (Phi) is 8.65. The van der Waals surface area contributed by atoms with Crippen LogP contribution in [0.1, 0.15) is 18.9 Å². The van der Waals surface area contributed by atoms with E-state index >= 15 is 0 Å². The van der Waals surface area contributed by atoms with Crippen LogP contribution >= 0.6 is 11.6 Å². The van der Waals surface area contributed by atoms with Gasteiger partial charge in [0.1, 0.15) is 22.8 Å². The molecule has 0 saturated carbocycles. The van der Waals surface area contributed by atoms with Crippen LogP contribution in [0.4, 0.5) is 5.95 Å². The summed E-state index contributed by atoms with van der Waals surface area (Å²) in [4.78, 5) is 12.5. The number of ether oxygens (including phenoxy) is 2. The number of nitrogens with zero attached hydrogens (tertiary/aromatic N) is 6. The average Bonchev–Trinajstić information content (AvgIpc) is 3.20. The maximum Gasteiger partial charge on any atom is 0.240 e. The van der Waals surface area contributed by atoms with Crippen LogP contribution in [-0.4, -0.2) is 74.2 Å². The number of rotatable bonds is 11. The molecule has 184 valence electrons. The molecule has 0 saturated heterocycles. The van der Waals surface area contributed by atoms with Crippen LogP contribution in [-0.2, 0) is 32.5 Å². The second kappa shape index (κ2) is 11.3. The first-order chi connectivity index (χ1) is 16.2. The lowest BCUT2D eigenvalue weighted by molar-refractivity contribution is 0.0950. The van der Waals surface area contributed by atoms with Crippen LogP contribution in [0, 0.1) is 0 Å². The molecule has 0 aromatic carbocycles. The fraction of sp³-hybridized carbons (Fsp3) is 0.421. The van der Waals surface area contributed by atoms with Crippen LogP contribution in [0.15, 0.2) is 30.6 Å². The molecular weight excluding hydrogens is 506 g/mol. The van der Waals surface area contributed by atoms with E-state index in [0.717, 1.165) is 0 Å². The molecule has 0 aliphatic carbocycles. The Labute approximate surface area is 205 Å². The molecule has 0 fully saturated rings. The van der Waals surface area contributed by atoms with Gasteiger partial charge in [0.05, 0.1) is 24.9 Å². The van der Waals surface area contributed by atoms with Crippen molar-refractivity contribution in [2.24, 2.45) is 0 Å². The lowest BCUT2D eigenvalue weighted by Gasteiger charge is -2.22. The molecule has 0 aliphatic rings. The Balaban J connectivity index is 1.94. The lowest BCUT2D eigenvalue weighted by atomic mass is 10.2. The molecule has 0 spiro atoms. The number of anilines is 1. The monoisotopic (exact) mass is 529 g/mol. The molecular formula is C19H24ClN7O5S2. The van der Waals surface area contributed by atoms with E-state index in [2.05, 4.69) is 29.9 Å². The average molecular weight is 530 g/mol. The van der Waals surface area contributed by atoms with Crippen molar-refractivity contribution >= 4 is 38.7 Å². The number of methoxy groups -OCH3 is 2. The first kappa shape index (κ1) is 26.1. The topological polar surface area (TPSA) is 157 Å². The number of nitrogens with one attached hydrogen (secondary N) is 1. The third kappa shape index (κ3) is 6.13. The van der Waals surface area contributed by atoms with Crippen molar-refractivity contribution in [2.75, 3.05) is 31.0 Å². The van der Waals surface area contributed by atoms with Gasteiger partial charge >= 0.3 is 0 Å². The normalized spacial score (nSPS) is 14.4. The summed E-state index contributed by atoms with van der Waals surface area (Å²) in [5.41, 5.74) is 0.413. The predicted octanol–water partition coefficient (Wildman–Crippen LogP) is 1.69. The quantitative estimate of drug-likeness (QED) is 0.362. The van der Waals surface area contributed by atoms with Gasteiger partial charge in [0, 0.05) is 25.6 Å². The summed E-state index contributed by atoms with van der Waals surface area (Å²) < 4.78 is 52.7. The third-order valence-corrected chi connectivity index (χ3v) is 7.46. The van der Waals surface area contributed by atoms with Gasteiger partial charge in [-0.25, -0.2) is 23.4 Å². The zero-order valence-electron chi connectivity index (χ0n) is 18.9. The van der Waals surface area contributed by atoms with Gasteiger partial charge < -0.3 is 14.0 Å². The van der Waals surface area contributed by atoms with E-state index in [-0.39, 0.29) is 24.1 Å². The summed E-state index contributed by atoms with van der Waals surface area (Å²) in [6, 6.07) is 5.07. The van der Waals surface area contributed by atoms with Gasteiger partial charge in [-0.2, -0.15) is 0 Å². The van der Waals surface area contributed by atoms with Crippen molar-refractivity contribution in [2.45, 2.75) is 24.8 Å². The Morgan fingerprint density at radius 3 is 2.56 bits per heavy atom. The number of aromatic nitrogens is 6. The van der Waals surface area contributed by atoms with Gasteiger partial charge in [-0.05, 0) is 13.0 Å². The van der Waals surface area contributed by atoms with Gasteiger partial charge in [0.15, 0.2) is 11.6 Å². The van der Waals surface area contributed by atoms with Crippen LogP contribution in [0.3, 0.4) is 0 Å². The van der Waals surface area contributed by atoms with E-state index < -0.39 is 32.6 Å². The summed E-state index contributed by atoms with van der Waals surface area (Å²) in [6.07, 6.45) is 3.29. The third-order valence-electron chi connectivity index (χ3n) is 4.81. The van der Waals surface area contributed by atoms with Crippen molar-refractivity contribution in [1.82, 2.24) is 29.7 Å². The maximum absolute atomic E-state index is 13.2. The van der Waals surface area contributed by atoms with Crippen LogP contribution in [0.2, 0.25) is 5.02 Å². The first-order valence-electron chi connectivity index (χ1n) is 9.92. The number of halogens is 1. The summed E-state index contributed by atoms with van der Waals surface area (Å²) in [7, 11) is -1.22. The number of pyridine rings is 1. The molecule has 3 atom stereocenters. The summed E-state index contributed by atoms with van der Waals surface area (Å²) in [6.45, 7) is 1.64. The fourth-order valence-electron chi connectivity index (χ4n) is 3.01. The zero-order valence-corrected chi connectivity index (χ0v) is 21.3. The Hall–Kier alpha value is -2.52. The minimum absolute atomic E-state index is 0.0520. The highest BCUT2D eigenvalue weighted by atomic mass is 35.5. The minimum Gasteiger partial charge on any atom is -0.617 e. The number of sulfonamides is 1. The molecule has 1 N–H and O–H groups in total. The highest BCUT2D eigenvalue weighted by Crippen LogP contribution is 2.26. The molecule has 12 nitrogen and oxygen atoms in total. The Morgan fingerprint density at radius 1 is 1.24 bits per heavy atom. The largest absolute Gasteiger partial charge is 0.617 e. The van der Waals surface area contributed by atoms with Crippen molar-refractivity contribution < 1.29 is 22.4 Å². The van der Waals surface area contributed by atoms with Gasteiger partial charge in [0.2, 0.25) is 21.9 Å². The molecule has 15 heteroatoms. The molecule has 3 aromatic rings. The number of hydrogen-bond acceptors (Lipinski definition) is 10. The van der Waals surface area contributed by atoms with Crippen molar-refractivity contribution in [3.8, 4) is 17.4 Å². The molecule has 2 unspecified atom stereocenters. The molecule has 0 radical (unpaired) electrons. The summed E-state index contributed by atoms with van der Waals surface area (Å²) in [5.74, 6) is 1.00. The maximum atomic E-state index is 13.2. The predicted molar refractivity (Wildman–Crippen MR) is 128 cm³/mol. The van der Waals surface area contributed by atoms with Gasteiger partial charge in [-0.15, -0.1) is 10.2 Å². The molecule has 3 aromatic heterocycles. The van der Waals surface area contributed by atoms with E-state index in [1.165, 1.54) is 38.1 Å². The van der Waals surface area contributed by atoms with E-state index in [1.54, 1.807) is 24.5 Å². The highest BCUT2D eigenvalue weighted by Gasteiger charge is 2.34. The second-order valence-electron chi connectivity index (χ2n) is 7.11. The smallest absolute Gasteiger partial charge is 0.240 e. The Bertz CT molecular complexity index is 1210. The summed E-state index contributed by atoms with van der Waals surface area (Å²) >= 11 is 4.69. The SMILES string of the molecule is COc1cccc(-c2nnc(NS(=O)(=O)C(C)C(OC)c3ncc(Cl)cn3)n2CC[S@@+](C)[O-])n1. The molecule has 34 heavy (non-hydrogen) atoms. The zero-order chi connectivity index (χ0) is 24.9. The summed E-state index contributed by atoms with van der Waals surface area (Å²) in [5, 5.41) is 7.33. The van der Waals surface area contributed by atoms with Crippen molar-refractivity contribution in [3.05, 3.63) is 41.4 Å². The Morgan fingerprint density at radius 2 is 1.94 bits per heavy atom. The number of hydrogen-bond donors (Lipinski definition) is 1. The molecule has 0 amide bonds. The minimum atomic E-state index is -4.06. The van der Waals surface area contributed by atoms with Crippen molar-refractivity contribution in [3.63, 3.8) is 0 Å². The fourth-order valence-corrected chi connectivity index (χ4v) is 4.70.